The van der Waals surface area contributed by atoms with E-state index in [4.69, 9.17) is 0 Å². The first-order valence-corrected chi connectivity index (χ1v) is 14.4. The van der Waals surface area contributed by atoms with Gasteiger partial charge in [-0.2, -0.15) is 0 Å². The summed E-state index contributed by atoms with van der Waals surface area (Å²) < 4.78 is 28.6. The third-order valence-corrected chi connectivity index (χ3v) is 8.30. The van der Waals surface area contributed by atoms with Gasteiger partial charge in [0.1, 0.15) is 12.6 Å². The van der Waals surface area contributed by atoms with Crippen molar-refractivity contribution in [2.75, 3.05) is 10.8 Å². The summed E-state index contributed by atoms with van der Waals surface area (Å²) >= 11 is 0. The van der Waals surface area contributed by atoms with Gasteiger partial charge in [0, 0.05) is 12.6 Å². The van der Waals surface area contributed by atoms with E-state index < -0.39 is 28.5 Å². The summed E-state index contributed by atoms with van der Waals surface area (Å²) in [4.78, 5) is 28.8. The van der Waals surface area contributed by atoms with Crippen molar-refractivity contribution in [1.29, 1.82) is 0 Å². The Labute approximate surface area is 226 Å². The lowest BCUT2D eigenvalue weighted by atomic mass is 10.1. The zero-order chi connectivity index (χ0) is 27.7. The van der Waals surface area contributed by atoms with Gasteiger partial charge in [0.2, 0.25) is 11.8 Å². The van der Waals surface area contributed by atoms with Crippen molar-refractivity contribution in [2.24, 2.45) is 0 Å². The van der Waals surface area contributed by atoms with Gasteiger partial charge in [-0.15, -0.1) is 0 Å². The van der Waals surface area contributed by atoms with Crippen molar-refractivity contribution in [2.45, 2.75) is 64.1 Å². The molecule has 3 rings (SSSR count). The first-order chi connectivity index (χ1) is 18.2. The highest BCUT2D eigenvalue weighted by atomic mass is 32.2. The lowest BCUT2D eigenvalue weighted by Gasteiger charge is -2.33. The van der Waals surface area contributed by atoms with Crippen molar-refractivity contribution >= 4 is 27.5 Å². The highest BCUT2D eigenvalue weighted by Crippen LogP contribution is 2.24. The number of rotatable bonds is 12. The largest absolute Gasteiger partial charge is 0.352 e. The molecule has 38 heavy (non-hydrogen) atoms. The number of nitrogens with zero attached hydrogens (tertiary/aromatic N) is 2. The second-order valence-corrected chi connectivity index (χ2v) is 11.3. The number of carbonyl (C=O) groups is 2. The van der Waals surface area contributed by atoms with Crippen molar-refractivity contribution in [3.8, 4) is 0 Å². The van der Waals surface area contributed by atoms with Crippen molar-refractivity contribution in [1.82, 2.24) is 10.2 Å². The van der Waals surface area contributed by atoms with E-state index in [2.05, 4.69) is 5.32 Å². The average Bonchev–Trinajstić information content (AvgIpc) is 2.93. The van der Waals surface area contributed by atoms with Crippen LogP contribution in [0.5, 0.6) is 0 Å². The first-order valence-electron chi connectivity index (χ1n) is 13.0. The molecule has 2 amide bonds. The Morgan fingerprint density at radius 2 is 1.42 bits per heavy atom. The number of para-hydroxylation sites is 1. The highest BCUT2D eigenvalue weighted by molar-refractivity contribution is 7.92. The molecule has 0 bridgehead atoms. The van der Waals surface area contributed by atoms with Crippen LogP contribution in [0.4, 0.5) is 5.69 Å². The molecule has 2 atom stereocenters. The third-order valence-electron chi connectivity index (χ3n) is 6.51. The molecule has 3 aromatic carbocycles. The Morgan fingerprint density at radius 3 is 1.97 bits per heavy atom. The third kappa shape index (κ3) is 7.22. The predicted octanol–water partition coefficient (Wildman–Crippen LogP) is 4.91. The number of anilines is 1. The lowest BCUT2D eigenvalue weighted by molar-refractivity contribution is -0.140. The van der Waals surface area contributed by atoms with Gasteiger partial charge in [-0.1, -0.05) is 80.1 Å². The van der Waals surface area contributed by atoms with E-state index in [-0.39, 0.29) is 23.4 Å². The molecule has 0 fully saturated rings. The summed E-state index contributed by atoms with van der Waals surface area (Å²) in [6, 6.07) is 23.6. The molecule has 0 aromatic heterocycles. The molecular formula is C30H37N3O4S. The van der Waals surface area contributed by atoms with Crippen LogP contribution in [-0.4, -0.2) is 43.8 Å². The lowest BCUT2D eigenvalue weighted by Crippen LogP contribution is -2.53. The summed E-state index contributed by atoms with van der Waals surface area (Å²) in [5.74, 6) is -0.709. The van der Waals surface area contributed by atoms with Gasteiger partial charge < -0.3 is 10.2 Å². The zero-order valence-corrected chi connectivity index (χ0v) is 23.3. The molecule has 202 valence electrons. The summed E-state index contributed by atoms with van der Waals surface area (Å²) in [6.07, 6.45) is 1.14. The number of hydrogen-bond acceptors (Lipinski definition) is 4. The number of benzene rings is 3. The smallest absolute Gasteiger partial charge is 0.264 e. The SMILES string of the molecule is CC[C@H](C)NC(=O)[C@H](CC)N(Cc1ccc(C)cc1)C(=O)CN(c1ccccc1)S(=O)(=O)c1ccccc1. The van der Waals surface area contributed by atoms with Crippen LogP contribution in [0, 0.1) is 6.92 Å². The molecule has 3 aromatic rings. The number of aryl methyl sites for hydroxylation is 1. The molecule has 0 aliphatic heterocycles. The first kappa shape index (κ1) is 28.9. The fourth-order valence-corrected chi connectivity index (χ4v) is 5.53. The molecule has 0 radical (unpaired) electrons. The van der Waals surface area contributed by atoms with E-state index in [0.717, 1.165) is 21.9 Å². The van der Waals surface area contributed by atoms with Crippen LogP contribution >= 0.6 is 0 Å². The van der Waals surface area contributed by atoms with Crippen LogP contribution < -0.4 is 9.62 Å². The molecule has 0 aliphatic rings. The topological polar surface area (TPSA) is 86.8 Å². The maximum atomic E-state index is 14.0. The maximum Gasteiger partial charge on any atom is 0.264 e. The van der Waals surface area contributed by atoms with E-state index in [1.165, 1.54) is 17.0 Å². The minimum absolute atomic E-state index is 0.0489. The van der Waals surface area contributed by atoms with Crippen LogP contribution in [0.1, 0.15) is 44.7 Å². The Balaban J connectivity index is 2.01. The quantitative estimate of drug-likeness (QED) is 0.357. The average molecular weight is 536 g/mol. The van der Waals surface area contributed by atoms with Crippen molar-refractivity contribution < 1.29 is 18.0 Å². The van der Waals surface area contributed by atoms with Crippen molar-refractivity contribution in [3.05, 3.63) is 96.1 Å². The van der Waals surface area contributed by atoms with Gasteiger partial charge in [-0.05, 0) is 56.5 Å². The van der Waals surface area contributed by atoms with E-state index in [1.54, 1.807) is 48.5 Å². The maximum absolute atomic E-state index is 14.0. The molecule has 0 heterocycles. The number of nitrogens with one attached hydrogen (secondary N) is 1. The Bertz CT molecular complexity index is 1300. The Morgan fingerprint density at radius 1 is 0.842 bits per heavy atom. The fraction of sp³-hybridized carbons (Fsp3) is 0.333. The number of sulfonamides is 1. The normalized spacial score (nSPS) is 12.8. The molecule has 0 spiro atoms. The monoisotopic (exact) mass is 535 g/mol. The van der Waals surface area contributed by atoms with E-state index in [9.17, 15) is 18.0 Å². The molecule has 0 aliphatic carbocycles. The minimum Gasteiger partial charge on any atom is -0.352 e. The van der Waals surface area contributed by atoms with Crippen molar-refractivity contribution in [3.63, 3.8) is 0 Å². The summed E-state index contributed by atoms with van der Waals surface area (Å²) in [6.45, 7) is 7.46. The van der Waals surface area contributed by atoms with Crippen LogP contribution in [0.25, 0.3) is 0 Å². The van der Waals surface area contributed by atoms with E-state index in [1.807, 2.05) is 52.0 Å². The van der Waals surface area contributed by atoms with Crippen LogP contribution in [-0.2, 0) is 26.2 Å². The molecular weight excluding hydrogens is 498 g/mol. The zero-order valence-electron chi connectivity index (χ0n) is 22.5. The highest BCUT2D eigenvalue weighted by Gasteiger charge is 2.33. The molecule has 0 saturated carbocycles. The minimum atomic E-state index is -4.05. The molecule has 0 saturated heterocycles. The second kappa shape index (κ2) is 13.2. The van der Waals surface area contributed by atoms with Gasteiger partial charge in [-0.25, -0.2) is 8.42 Å². The van der Waals surface area contributed by atoms with Crippen LogP contribution in [0.3, 0.4) is 0 Å². The number of amides is 2. The Kier molecular flexibility index (Phi) is 10.1. The summed E-state index contributed by atoms with van der Waals surface area (Å²) in [5.41, 5.74) is 2.31. The van der Waals surface area contributed by atoms with Gasteiger partial charge in [0.25, 0.3) is 10.0 Å². The van der Waals surface area contributed by atoms with E-state index >= 15 is 0 Å². The standard InChI is InChI=1S/C30H37N3O4S/c1-5-24(4)31-30(35)28(6-2)32(21-25-19-17-23(3)18-20-25)29(34)22-33(26-13-9-7-10-14-26)38(36,37)27-15-11-8-12-16-27/h7-20,24,28H,5-6,21-22H2,1-4H3,(H,31,35)/t24-,28-/m0/s1. The van der Waals surface area contributed by atoms with Crippen LogP contribution in [0.2, 0.25) is 0 Å². The molecule has 0 unspecified atom stereocenters. The Hall–Kier alpha value is -3.65. The van der Waals surface area contributed by atoms with Crippen LogP contribution in [0.15, 0.2) is 89.8 Å². The molecule has 1 N–H and O–H groups in total. The fourth-order valence-electron chi connectivity index (χ4n) is 4.09. The van der Waals surface area contributed by atoms with Gasteiger partial charge >= 0.3 is 0 Å². The van der Waals surface area contributed by atoms with E-state index in [0.29, 0.717) is 12.1 Å². The summed E-state index contributed by atoms with van der Waals surface area (Å²) in [5, 5.41) is 2.99. The second-order valence-electron chi connectivity index (χ2n) is 9.41. The number of carbonyl (C=O) groups excluding carboxylic acids is 2. The van der Waals surface area contributed by atoms with Gasteiger partial charge in [0.05, 0.1) is 10.6 Å². The molecule has 8 heteroatoms. The van der Waals surface area contributed by atoms with Gasteiger partial charge in [-0.3, -0.25) is 13.9 Å². The van der Waals surface area contributed by atoms with Gasteiger partial charge in [0.15, 0.2) is 0 Å². The number of hydrogen-bond donors (Lipinski definition) is 1. The molecule has 7 nitrogen and oxygen atoms in total. The summed E-state index contributed by atoms with van der Waals surface area (Å²) in [7, 11) is -4.05. The predicted molar refractivity (Wildman–Crippen MR) is 151 cm³/mol.